The molecule has 0 N–H and O–H groups in total. The molecule has 0 aromatic carbocycles. The van der Waals surface area contributed by atoms with Gasteiger partial charge in [0, 0.05) is 33.2 Å². The number of rotatable bonds is 2. The van der Waals surface area contributed by atoms with E-state index in [4.69, 9.17) is 4.74 Å². The lowest BCUT2D eigenvalue weighted by atomic mass is 10.1. The number of ether oxygens (including phenoxy) is 1. The highest BCUT2D eigenvalue weighted by Gasteiger charge is 2.33. The summed E-state index contributed by atoms with van der Waals surface area (Å²) in [5, 5.41) is 5.19. The van der Waals surface area contributed by atoms with E-state index in [0.717, 1.165) is 29.8 Å². The van der Waals surface area contributed by atoms with Gasteiger partial charge in [-0.25, -0.2) is 9.97 Å². The molecule has 2 aromatic rings. The number of hydrogen-bond donors (Lipinski definition) is 0. The zero-order valence-electron chi connectivity index (χ0n) is 13.2. The van der Waals surface area contributed by atoms with E-state index in [1.807, 2.05) is 11.9 Å². The number of carbonyl (C=O) groups is 1. The van der Waals surface area contributed by atoms with Gasteiger partial charge in [0.25, 0.3) is 0 Å². The molecule has 23 heavy (non-hydrogen) atoms. The van der Waals surface area contributed by atoms with Crippen molar-refractivity contribution < 1.29 is 9.53 Å². The van der Waals surface area contributed by atoms with Gasteiger partial charge in [-0.3, -0.25) is 9.48 Å². The molecule has 2 saturated heterocycles. The van der Waals surface area contributed by atoms with Crippen LogP contribution >= 0.6 is 0 Å². The van der Waals surface area contributed by atoms with E-state index in [0.29, 0.717) is 32.8 Å². The lowest BCUT2D eigenvalue weighted by Crippen LogP contribution is -2.44. The van der Waals surface area contributed by atoms with Crippen molar-refractivity contribution >= 4 is 22.8 Å². The molecule has 2 aromatic heterocycles. The number of hydrogen-bond acceptors (Lipinski definition) is 6. The Balaban J connectivity index is 1.52. The average Bonchev–Trinajstić information content (AvgIpc) is 3.22. The third-order valence-corrected chi connectivity index (χ3v) is 4.67. The van der Waals surface area contributed by atoms with Crippen LogP contribution in [-0.4, -0.2) is 69.9 Å². The topological polar surface area (TPSA) is 76.4 Å². The van der Waals surface area contributed by atoms with Gasteiger partial charge in [0.1, 0.15) is 12.1 Å². The Hall–Kier alpha value is -2.22. The van der Waals surface area contributed by atoms with Gasteiger partial charge in [-0.1, -0.05) is 0 Å². The van der Waals surface area contributed by atoms with Crippen molar-refractivity contribution in [2.45, 2.75) is 6.42 Å². The normalized spacial score (nSPS) is 22.0. The number of nitrogens with zero attached hydrogens (tertiary/aromatic N) is 6. The van der Waals surface area contributed by atoms with Gasteiger partial charge in [-0.15, -0.1) is 0 Å². The highest BCUT2D eigenvalue weighted by molar-refractivity contribution is 5.87. The maximum atomic E-state index is 12.6. The van der Waals surface area contributed by atoms with E-state index < -0.39 is 0 Å². The summed E-state index contributed by atoms with van der Waals surface area (Å²) in [4.78, 5) is 25.4. The van der Waals surface area contributed by atoms with Crippen LogP contribution in [-0.2, 0) is 16.6 Å². The summed E-state index contributed by atoms with van der Waals surface area (Å²) in [6.45, 7) is 4.24. The van der Waals surface area contributed by atoms with Crippen LogP contribution in [0.5, 0.6) is 0 Å². The van der Waals surface area contributed by atoms with Crippen molar-refractivity contribution in [2.75, 3.05) is 44.3 Å². The summed E-state index contributed by atoms with van der Waals surface area (Å²) in [7, 11) is 1.87. The molecule has 0 aliphatic carbocycles. The zero-order chi connectivity index (χ0) is 15.8. The minimum absolute atomic E-state index is 0.0368. The second-order valence-corrected chi connectivity index (χ2v) is 6.07. The number of aryl methyl sites for hydroxylation is 1. The van der Waals surface area contributed by atoms with Crippen molar-refractivity contribution in [3.63, 3.8) is 0 Å². The zero-order valence-corrected chi connectivity index (χ0v) is 13.2. The first kappa shape index (κ1) is 14.4. The van der Waals surface area contributed by atoms with E-state index in [1.165, 1.54) is 0 Å². The Bertz CT molecular complexity index is 724. The van der Waals surface area contributed by atoms with E-state index in [2.05, 4.69) is 20.0 Å². The van der Waals surface area contributed by atoms with Crippen LogP contribution in [0.4, 0.5) is 5.82 Å². The van der Waals surface area contributed by atoms with E-state index in [9.17, 15) is 4.79 Å². The fourth-order valence-corrected chi connectivity index (χ4v) is 3.40. The maximum Gasteiger partial charge on any atom is 0.227 e. The second-order valence-electron chi connectivity index (χ2n) is 6.07. The molecule has 2 aliphatic rings. The van der Waals surface area contributed by atoms with Gasteiger partial charge < -0.3 is 14.5 Å². The Morgan fingerprint density at radius 1 is 1.26 bits per heavy atom. The molecule has 2 fully saturated rings. The first-order chi connectivity index (χ1) is 11.2. The maximum absolute atomic E-state index is 12.6. The average molecular weight is 316 g/mol. The first-order valence-electron chi connectivity index (χ1n) is 7.98. The van der Waals surface area contributed by atoms with Crippen LogP contribution < -0.4 is 4.90 Å². The van der Waals surface area contributed by atoms with Gasteiger partial charge in [0.2, 0.25) is 5.91 Å². The molecule has 4 rings (SSSR count). The van der Waals surface area contributed by atoms with E-state index in [1.54, 1.807) is 17.2 Å². The molecule has 1 unspecified atom stereocenters. The van der Waals surface area contributed by atoms with E-state index in [-0.39, 0.29) is 11.8 Å². The smallest absolute Gasteiger partial charge is 0.227 e. The number of fused-ring (bicyclic) bond motifs is 1. The molecule has 0 radical (unpaired) electrons. The van der Waals surface area contributed by atoms with Gasteiger partial charge in [-0.2, -0.15) is 5.10 Å². The molecule has 2 aliphatic heterocycles. The van der Waals surface area contributed by atoms with E-state index >= 15 is 0 Å². The highest BCUT2D eigenvalue weighted by Crippen LogP contribution is 2.28. The minimum Gasteiger partial charge on any atom is -0.378 e. The number of amides is 1. The molecule has 8 heteroatoms. The molecule has 0 saturated carbocycles. The Morgan fingerprint density at radius 2 is 2.09 bits per heavy atom. The molecular weight excluding hydrogens is 296 g/mol. The molecule has 122 valence electrons. The number of morpholine rings is 1. The van der Waals surface area contributed by atoms with Crippen LogP contribution in [0, 0.1) is 5.92 Å². The van der Waals surface area contributed by atoms with Gasteiger partial charge in [0.05, 0.1) is 30.7 Å². The Morgan fingerprint density at radius 3 is 2.91 bits per heavy atom. The summed E-state index contributed by atoms with van der Waals surface area (Å²) in [5.74, 6) is 1.16. The van der Waals surface area contributed by atoms with Crippen molar-refractivity contribution in [2.24, 2.45) is 13.0 Å². The monoisotopic (exact) mass is 316 g/mol. The summed E-state index contributed by atoms with van der Waals surface area (Å²) in [6.07, 6.45) is 4.22. The molecule has 8 nitrogen and oxygen atoms in total. The minimum atomic E-state index is 0.0368. The summed E-state index contributed by atoms with van der Waals surface area (Å²) in [5.41, 5.74) is 0.818. The Kier molecular flexibility index (Phi) is 3.60. The van der Waals surface area contributed by atoms with Crippen molar-refractivity contribution in [1.29, 1.82) is 0 Å². The van der Waals surface area contributed by atoms with Gasteiger partial charge in [-0.05, 0) is 6.42 Å². The van der Waals surface area contributed by atoms with Crippen molar-refractivity contribution in [3.8, 4) is 0 Å². The molecule has 1 atom stereocenters. The number of anilines is 1. The van der Waals surface area contributed by atoms with Crippen LogP contribution in [0.25, 0.3) is 11.0 Å². The lowest BCUT2D eigenvalue weighted by molar-refractivity contribution is -0.138. The summed E-state index contributed by atoms with van der Waals surface area (Å²) >= 11 is 0. The SMILES string of the molecule is Cn1ncc2c(N3CCC(C(=O)N4CCOCC4)C3)ncnc21. The van der Waals surface area contributed by atoms with Gasteiger partial charge in [0.15, 0.2) is 5.65 Å². The van der Waals surface area contributed by atoms with Crippen LogP contribution in [0.3, 0.4) is 0 Å². The number of carbonyl (C=O) groups excluding carboxylic acids is 1. The van der Waals surface area contributed by atoms with Crippen LogP contribution in [0.2, 0.25) is 0 Å². The fraction of sp³-hybridized carbons (Fsp3) is 0.600. The first-order valence-corrected chi connectivity index (χ1v) is 7.98. The summed E-state index contributed by atoms with van der Waals surface area (Å²) < 4.78 is 7.07. The molecule has 1 amide bonds. The van der Waals surface area contributed by atoms with Crippen molar-refractivity contribution in [1.82, 2.24) is 24.6 Å². The fourth-order valence-electron chi connectivity index (χ4n) is 3.40. The third-order valence-electron chi connectivity index (χ3n) is 4.67. The van der Waals surface area contributed by atoms with Crippen molar-refractivity contribution in [3.05, 3.63) is 12.5 Å². The standard InChI is InChI=1S/C15H20N6O2/c1-19-13-12(8-18-19)14(17-10-16-13)21-3-2-11(9-21)15(22)20-4-6-23-7-5-20/h8,10-11H,2-7,9H2,1H3. The molecule has 4 heterocycles. The Labute approximate surface area is 134 Å². The largest absolute Gasteiger partial charge is 0.378 e. The predicted molar refractivity (Wildman–Crippen MR) is 84.0 cm³/mol. The van der Waals surface area contributed by atoms with Crippen LogP contribution in [0.15, 0.2) is 12.5 Å². The van der Waals surface area contributed by atoms with Crippen LogP contribution in [0.1, 0.15) is 6.42 Å². The highest BCUT2D eigenvalue weighted by atomic mass is 16.5. The summed E-state index contributed by atoms with van der Waals surface area (Å²) in [6, 6.07) is 0. The lowest BCUT2D eigenvalue weighted by Gasteiger charge is -2.29. The number of aromatic nitrogens is 4. The molecule has 0 bridgehead atoms. The quantitative estimate of drug-likeness (QED) is 0.779. The predicted octanol–water partition coefficient (Wildman–Crippen LogP) is 0.0484. The molecular formula is C15H20N6O2. The third kappa shape index (κ3) is 2.52. The van der Waals surface area contributed by atoms with Gasteiger partial charge >= 0.3 is 0 Å². The molecule has 0 spiro atoms. The second kappa shape index (κ2) is 5.77.